The quantitative estimate of drug-likeness (QED) is 0.622. The third kappa shape index (κ3) is 4.54. The Morgan fingerprint density at radius 1 is 1.62 bits per heavy atom. The highest BCUT2D eigenvalue weighted by Gasteiger charge is 2.18. The summed E-state index contributed by atoms with van der Waals surface area (Å²) in [5, 5.41) is 2.66. The van der Waals surface area contributed by atoms with E-state index in [0.29, 0.717) is 6.54 Å². The molecule has 0 aromatic rings. The van der Waals surface area contributed by atoms with Gasteiger partial charge in [-0.2, -0.15) is 0 Å². The highest BCUT2D eigenvalue weighted by atomic mass is 16.2. The van der Waals surface area contributed by atoms with Gasteiger partial charge in [0.1, 0.15) is 0 Å². The second kappa shape index (κ2) is 6.50. The summed E-state index contributed by atoms with van der Waals surface area (Å²) in [4.78, 5) is 11.3. The molecule has 3 nitrogen and oxygen atoms in total. The molecule has 0 aromatic carbocycles. The summed E-state index contributed by atoms with van der Waals surface area (Å²) in [6.45, 7) is 6.11. The van der Waals surface area contributed by atoms with Gasteiger partial charge in [0.2, 0.25) is 5.91 Å². The van der Waals surface area contributed by atoms with Crippen molar-refractivity contribution in [1.82, 2.24) is 5.32 Å². The third-order valence-electron chi connectivity index (χ3n) is 2.09. The molecule has 0 aromatic heterocycles. The minimum atomic E-state index is -0.413. The first-order valence-corrected chi connectivity index (χ1v) is 4.56. The van der Waals surface area contributed by atoms with Gasteiger partial charge < -0.3 is 11.1 Å². The number of nitrogens with two attached hydrogens (primary N) is 1. The molecule has 0 fully saturated rings. The van der Waals surface area contributed by atoms with Crippen LogP contribution in [0.15, 0.2) is 0 Å². The molecule has 0 saturated heterocycles. The van der Waals surface area contributed by atoms with Crippen molar-refractivity contribution in [2.75, 3.05) is 6.54 Å². The average molecular weight is 182 g/mol. The maximum absolute atomic E-state index is 11.3. The number of hydrogen-bond acceptors (Lipinski definition) is 2. The van der Waals surface area contributed by atoms with Crippen molar-refractivity contribution >= 4 is 5.91 Å². The van der Waals surface area contributed by atoms with Crippen LogP contribution < -0.4 is 11.1 Å². The highest BCUT2D eigenvalue weighted by Crippen LogP contribution is 2.04. The molecule has 13 heavy (non-hydrogen) atoms. The van der Waals surface area contributed by atoms with Crippen LogP contribution in [0.5, 0.6) is 0 Å². The van der Waals surface area contributed by atoms with E-state index in [1.807, 2.05) is 13.8 Å². The van der Waals surface area contributed by atoms with Crippen LogP contribution in [0.2, 0.25) is 0 Å². The van der Waals surface area contributed by atoms with Gasteiger partial charge in [-0.25, -0.2) is 0 Å². The van der Waals surface area contributed by atoms with Crippen LogP contribution in [0.3, 0.4) is 0 Å². The fourth-order valence-electron chi connectivity index (χ4n) is 0.850. The van der Waals surface area contributed by atoms with E-state index in [2.05, 4.69) is 17.2 Å². The Balaban J connectivity index is 3.86. The molecule has 74 valence electrons. The Morgan fingerprint density at radius 3 is 2.69 bits per heavy atom. The summed E-state index contributed by atoms with van der Waals surface area (Å²) >= 11 is 0. The van der Waals surface area contributed by atoms with Crippen LogP contribution in [0.4, 0.5) is 0 Å². The monoisotopic (exact) mass is 182 g/mol. The average Bonchev–Trinajstić information content (AvgIpc) is 2.15. The molecule has 2 atom stereocenters. The third-order valence-corrected chi connectivity index (χ3v) is 2.09. The molecule has 0 aliphatic heterocycles. The second-order valence-corrected chi connectivity index (χ2v) is 3.06. The van der Waals surface area contributed by atoms with Gasteiger partial charge in [-0.3, -0.25) is 4.79 Å². The number of carbonyl (C=O) groups excluding carboxylic acids is 1. The summed E-state index contributed by atoms with van der Waals surface area (Å²) in [5.41, 5.74) is 5.69. The minimum absolute atomic E-state index is 0.114. The van der Waals surface area contributed by atoms with E-state index in [0.717, 1.165) is 6.42 Å². The predicted molar refractivity (Wildman–Crippen MR) is 53.9 cm³/mol. The first kappa shape index (κ1) is 12.0. The van der Waals surface area contributed by atoms with E-state index in [1.54, 1.807) is 6.92 Å². The SMILES string of the molecule is CC#CCNC(=O)C(N)C(C)CC. The normalized spacial score (nSPS) is 13.8. The van der Waals surface area contributed by atoms with Gasteiger partial charge in [-0.05, 0) is 12.8 Å². The molecule has 0 aliphatic rings. The maximum atomic E-state index is 11.3. The van der Waals surface area contributed by atoms with Crippen LogP contribution in [-0.4, -0.2) is 18.5 Å². The van der Waals surface area contributed by atoms with Crippen LogP contribution in [0.25, 0.3) is 0 Å². The van der Waals surface area contributed by atoms with E-state index >= 15 is 0 Å². The van der Waals surface area contributed by atoms with Crippen molar-refractivity contribution in [2.45, 2.75) is 33.2 Å². The van der Waals surface area contributed by atoms with Crippen molar-refractivity contribution in [3.8, 4) is 11.8 Å². The molecular weight excluding hydrogens is 164 g/mol. The van der Waals surface area contributed by atoms with Gasteiger partial charge in [-0.1, -0.05) is 26.2 Å². The molecule has 0 aliphatic carbocycles. The van der Waals surface area contributed by atoms with Crippen molar-refractivity contribution in [3.63, 3.8) is 0 Å². The van der Waals surface area contributed by atoms with E-state index in [9.17, 15) is 4.79 Å². The van der Waals surface area contributed by atoms with E-state index in [-0.39, 0.29) is 11.8 Å². The molecular formula is C10H18N2O. The zero-order chi connectivity index (χ0) is 10.3. The number of carbonyl (C=O) groups is 1. The topological polar surface area (TPSA) is 55.1 Å². The first-order valence-electron chi connectivity index (χ1n) is 4.56. The lowest BCUT2D eigenvalue weighted by Crippen LogP contribution is -2.44. The molecule has 0 bridgehead atoms. The Labute approximate surface area is 80.1 Å². The maximum Gasteiger partial charge on any atom is 0.237 e. The van der Waals surface area contributed by atoms with Gasteiger partial charge in [0, 0.05) is 0 Å². The fourth-order valence-corrected chi connectivity index (χ4v) is 0.850. The van der Waals surface area contributed by atoms with Crippen molar-refractivity contribution in [2.24, 2.45) is 11.7 Å². The zero-order valence-corrected chi connectivity index (χ0v) is 8.55. The lowest BCUT2D eigenvalue weighted by atomic mass is 9.99. The molecule has 1 amide bonds. The Hall–Kier alpha value is -1.01. The molecule has 3 N–H and O–H groups in total. The Kier molecular flexibility index (Phi) is 5.99. The van der Waals surface area contributed by atoms with Crippen LogP contribution in [-0.2, 0) is 4.79 Å². The van der Waals surface area contributed by atoms with Gasteiger partial charge in [0.15, 0.2) is 0 Å². The fraction of sp³-hybridized carbons (Fsp3) is 0.700. The van der Waals surface area contributed by atoms with Crippen molar-refractivity contribution in [1.29, 1.82) is 0 Å². The highest BCUT2D eigenvalue weighted by molar-refractivity contribution is 5.81. The molecule has 0 saturated carbocycles. The second-order valence-electron chi connectivity index (χ2n) is 3.06. The number of hydrogen-bond donors (Lipinski definition) is 2. The smallest absolute Gasteiger partial charge is 0.237 e. The van der Waals surface area contributed by atoms with Crippen molar-refractivity contribution in [3.05, 3.63) is 0 Å². The summed E-state index contributed by atoms with van der Waals surface area (Å²) in [7, 11) is 0. The molecule has 0 spiro atoms. The van der Waals surface area contributed by atoms with Crippen LogP contribution >= 0.6 is 0 Å². The lowest BCUT2D eigenvalue weighted by molar-refractivity contribution is -0.123. The molecule has 3 heteroatoms. The largest absolute Gasteiger partial charge is 0.344 e. The van der Waals surface area contributed by atoms with Gasteiger partial charge in [0.25, 0.3) is 0 Å². The first-order chi connectivity index (χ1) is 6.13. The number of amides is 1. The summed E-state index contributed by atoms with van der Waals surface area (Å²) < 4.78 is 0. The molecule has 0 rings (SSSR count). The lowest BCUT2D eigenvalue weighted by Gasteiger charge is -2.16. The molecule has 0 radical (unpaired) electrons. The summed E-state index contributed by atoms with van der Waals surface area (Å²) in [6, 6.07) is -0.413. The minimum Gasteiger partial charge on any atom is -0.344 e. The van der Waals surface area contributed by atoms with E-state index in [1.165, 1.54) is 0 Å². The van der Waals surface area contributed by atoms with Gasteiger partial charge in [0.05, 0.1) is 12.6 Å². The number of rotatable bonds is 4. The van der Waals surface area contributed by atoms with E-state index < -0.39 is 6.04 Å². The standard InChI is InChI=1S/C10H18N2O/c1-4-6-7-12-10(13)9(11)8(3)5-2/h8-9H,5,7,11H2,1-3H3,(H,12,13). The van der Waals surface area contributed by atoms with Gasteiger partial charge >= 0.3 is 0 Å². The summed E-state index contributed by atoms with van der Waals surface area (Å²) in [5.74, 6) is 5.56. The van der Waals surface area contributed by atoms with Crippen molar-refractivity contribution < 1.29 is 4.79 Å². The Morgan fingerprint density at radius 2 is 2.23 bits per heavy atom. The Bertz CT molecular complexity index is 215. The summed E-state index contributed by atoms with van der Waals surface area (Å²) in [6.07, 6.45) is 0.911. The van der Waals surface area contributed by atoms with Crippen LogP contribution in [0, 0.1) is 17.8 Å². The molecule has 0 heterocycles. The van der Waals surface area contributed by atoms with Gasteiger partial charge in [-0.15, -0.1) is 5.92 Å². The molecule has 2 unspecified atom stereocenters. The predicted octanol–water partition coefficient (Wildman–Crippen LogP) is 0.499. The zero-order valence-electron chi connectivity index (χ0n) is 8.55. The number of nitrogens with one attached hydrogen (secondary N) is 1. The van der Waals surface area contributed by atoms with Crippen LogP contribution in [0.1, 0.15) is 27.2 Å². The van der Waals surface area contributed by atoms with E-state index in [4.69, 9.17) is 5.73 Å².